The van der Waals surface area contributed by atoms with Crippen LogP contribution < -0.4 is 0 Å². The Kier molecular flexibility index (Phi) is 5.35. The largest absolute Gasteiger partial charge is 0.472 e. The molecule has 0 radical (unpaired) electrons. The number of thiocarbonyl (C=S) groups is 1. The lowest BCUT2D eigenvalue weighted by atomic mass is 10.0. The molecular weight excluding hydrogens is 244 g/mol. The monoisotopic (exact) mass is 258 g/mol. The molecule has 84 valence electrons. The third-order valence-electron chi connectivity index (χ3n) is 1.97. The standard InChI is InChI=1S/C7H14O4S3/c1-3-7(2,11-6(12)13)4-5-14(8,9)10/h3-5H2,1-2H3,(H,12,13)(H,8,9,10). The zero-order valence-electron chi connectivity index (χ0n) is 8.06. The Bertz CT molecular complexity index is 298. The van der Waals surface area contributed by atoms with Crippen LogP contribution in [0.15, 0.2) is 0 Å². The van der Waals surface area contributed by atoms with Crippen molar-refractivity contribution in [3.8, 4) is 0 Å². The fraction of sp³-hybridized carbons (Fsp3) is 0.857. The van der Waals surface area contributed by atoms with E-state index in [1.807, 2.05) is 6.92 Å². The Morgan fingerprint density at radius 1 is 1.64 bits per heavy atom. The Morgan fingerprint density at radius 3 is 2.43 bits per heavy atom. The minimum absolute atomic E-state index is 0.0738. The second-order valence-corrected chi connectivity index (χ2v) is 5.86. The van der Waals surface area contributed by atoms with E-state index in [-0.39, 0.29) is 16.6 Å². The summed E-state index contributed by atoms with van der Waals surface area (Å²) in [4.78, 5) is 0. The molecule has 4 nitrogen and oxygen atoms in total. The molecule has 0 aromatic rings. The summed E-state index contributed by atoms with van der Waals surface area (Å²) in [5, 5.41) is 0. The first-order valence-electron chi connectivity index (χ1n) is 4.05. The van der Waals surface area contributed by atoms with Crippen LogP contribution in [0.1, 0.15) is 26.7 Å². The van der Waals surface area contributed by atoms with Gasteiger partial charge in [-0.1, -0.05) is 19.6 Å². The maximum Gasteiger partial charge on any atom is 0.265 e. The Morgan fingerprint density at radius 2 is 2.14 bits per heavy atom. The van der Waals surface area contributed by atoms with Crippen LogP contribution in [0.2, 0.25) is 0 Å². The van der Waals surface area contributed by atoms with Gasteiger partial charge < -0.3 is 4.74 Å². The van der Waals surface area contributed by atoms with E-state index in [1.54, 1.807) is 6.92 Å². The molecule has 0 amide bonds. The minimum atomic E-state index is -3.95. The summed E-state index contributed by atoms with van der Waals surface area (Å²) in [5.74, 6) is -0.340. The topological polar surface area (TPSA) is 63.6 Å². The van der Waals surface area contributed by atoms with Crippen molar-refractivity contribution >= 4 is 39.3 Å². The summed E-state index contributed by atoms with van der Waals surface area (Å²) >= 11 is 8.46. The Balaban J connectivity index is 4.33. The molecule has 0 fully saturated rings. The molecule has 1 N–H and O–H groups in total. The van der Waals surface area contributed by atoms with Crippen molar-refractivity contribution in [2.45, 2.75) is 32.3 Å². The van der Waals surface area contributed by atoms with Gasteiger partial charge in [-0.15, -0.1) is 0 Å². The first kappa shape index (κ1) is 14.2. The van der Waals surface area contributed by atoms with Gasteiger partial charge in [-0.05, 0) is 25.6 Å². The highest BCUT2D eigenvalue weighted by atomic mass is 32.2. The molecule has 0 saturated carbocycles. The second-order valence-electron chi connectivity index (χ2n) is 3.21. The number of rotatable bonds is 5. The first-order valence-corrected chi connectivity index (χ1v) is 6.52. The molecule has 0 aliphatic rings. The number of ether oxygens (including phenoxy) is 1. The Labute approximate surface area is 95.2 Å². The quantitative estimate of drug-likeness (QED) is 0.446. The molecule has 0 spiro atoms. The smallest absolute Gasteiger partial charge is 0.265 e. The molecule has 0 saturated heterocycles. The molecule has 0 heterocycles. The van der Waals surface area contributed by atoms with Gasteiger partial charge in [0, 0.05) is 6.42 Å². The average Bonchev–Trinajstić information content (AvgIpc) is 1.99. The lowest BCUT2D eigenvalue weighted by molar-refractivity contribution is 0.0765. The first-order chi connectivity index (χ1) is 6.18. The van der Waals surface area contributed by atoms with Crippen LogP contribution in [-0.2, 0) is 14.9 Å². The summed E-state index contributed by atoms with van der Waals surface area (Å²) in [6.45, 7) is 3.57. The molecule has 1 atom stereocenters. The second kappa shape index (κ2) is 5.29. The van der Waals surface area contributed by atoms with Gasteiger partial charge in [-0.25, -0.2) is 0 Å². The summed E-state index contributed by atoms with van der Waals surface area (Å²) in [5.41, 5.74) is -0.686. The molecule has 0 aliphatic carbocycles. The summed E-state index contributed by atoms with van der Waals surface area (Å²) in [6, 6.07) is 0. The third-order valence-corrected chi connectivity index (χ3v) is 2.87. The van der Waals surface area contributed by atoms with Gasteiger partial charge in [0.25, 0.3) is 10.1 Å². The number of thiol groups is 1. The Hall–Kier alpha value is 0.150. The maximum absolute atomic E-state index is 10.5. The molecule has 0 aromatic heterocycles. The maximum atomic E-state index is 10.5. The van der Waals surface area contributed by atoms with E-state index in [1.165, 1.54) is 0 Å². The van der Waals surface area contributed by atoms with Gasteiger partial charge in [-0.2, -0.15) is 8.42 Å². The van der Waals surface area contributed by atoms with Gasteiger partial charge in [0.2, 0.25) is 4.38 Å². The molecule has 0 bridgehead atoms. The van der Waals surface area contributed by atoms with Crippen molar-refractivity contribution in [1.82, 2.24) is 0 Å². The SMILES string of the molecule is CCC(C)(CCS(=O)(=O)O)OC(=S)S. The molecule has 0 aliphatic heterocycles. The van der Waals surface area contributed by atoms with Crippen LogP contribution in [0.5, 0.6) is 0 Å². The zero-order valence-corrected chi connectivity index (χ0v) is 10.6. The lowest BCUT2D eigenvalue weighted by Gasteiger charge is -2.28. The van der Waals surface area contributed by atoms with Crippen LogP contribution in [-0.4, -0.2) is 28.7 Å². The van der Waals surface area contributed by atoms with Crippen LogP contribution in [0.4, 0.5) is 0 Å². The molecule has 1 unspecified atom stereocenters. The highest BCUT2D eigenvalue weighted by Crippen LogP contribution is 2.21. The van der Waals surface area contributed by atoms with Gasteiger partial charge in [-0.3, -0.25) is 4.55 Å². The van der Waals surface area contributed by atoms with Crippen LogP contribution >= 0.6 is 24.8 Å². The van der Waals surface area contributed by atoms with Crippen molar-refractivity contribution in [2.24, 2.45) is 0 Å². The highest BCUT2D eigenvalue weighted by Gasteiger charge is 2.26. The van der Waals surface area contributed by atoms with Crippen molar-refractivity contribution in [3.05, 3.63) is 0 Å². The summed E-state index contributed by atoms with van der Waals surface area (Å²) in [6.07, 6.45) is 0.770. The number of hydrogen-bond donors (Lipinski definition) is 2. The fourth-order valence-electron chi connectivity index (χ4n) is 0.856. The predicted octanol–water partition coefficient (Wildman–Crippen LogP) is 1.66. The van der Waals surface area contributed by atoms with E-state index in [0.29, 0.717) is 6.42 Å². The third kappa shape index (κ3) is 6.58. The zero-order chi connectivity index (χ0) is 11.4. The van der Waals surface area contributed by atoms with E-state index in [2.05, 4.69) is 24.8 Å². The van der Waals surface area contributed by atoms with E-state index in [0.717, 1.165) is 0 Å². The average molecular weight is 258 g/mol. The van der Waals surface area contributed by atoms with Crippen LogP contribution in [0, 0.1) is 0 Å². The van der Waals surface area contributed by atoms with Gasteiger partial charge in [0.1, 0.15) is 5.60 Å². The van der Waals surface area contributed by atoms with Crippen molar-refractivity contribution < 1.29 is 17.7 Å². The van der Waals surface area contributed by atoms with E-state index in [4.69, 9.17) is 9.29 Å². The summed E-state index contributed by atoms with van der Waals surface area (Å²) in [7, 11) is -3.95. The van der Waals surface area contributed by atoms with Crippen molar-refractivity contribution in [2.75, 3.05) is 5.75 Å². The molecule has 7 heteroatoms. The van der Waals surface area contributed by atoms with Gasteiger partial charge in [0.05, 0.1) is 5.75 Å². The van der Waals surface area contributed by atoms with Crippen molar-refractivity contribution in [3.63, 3.8) is 0 Å². The van der Waals surface area contributed by atoms with Crippen molar-refractivity contribution in [1.29, 1.82) is 0 Å². The van der Waals surface area contributed by atoms with Crippen LogP contribution in [0.3, 0.4) is 0 Å². The molecular formula is C7H14O4S3. The predicted molar refractivity (Wildman–Crippen MR) is 62.4 cm³/mol. The summed E-state index contributed by atoms with van der Waals surface area (Å²) < 4.78 is 34.9. The van der Waals surface area contributed by atoms with E-state index in [9.17, 15) is 8.42 Å². The van der Waals surface area contributed by atoms with E-state index < -0.39 is 15.7 Å². The fourth-order valence-corrected chi connectivity index (χ4v) is 1.97. The van der Waals surface area contributed by atoms with E-state index >= 15 is 0 Å². The lowest BCUT2D eigenvalue weighted by Crippen LogP contribution is -2.31. The normalized spacial score (nSPS) is 16.0. The number of hydrogen-bond acceptors (Lipinski definition) is 4. The molecule has 0 aromatic carbocycles. The van der Waals surface area contributed by atoms with Crippen LogP contribution in [0.25, 0.3) is 0 Å². The minimum Gasteiger partial charge on any atom is -0.472 e. The molecule has 14 heavy (non-hydrogen) atoms. The van der Waals surface area contributed by atoms with Gasteiger partial charge in [0.15, 0.2) is 0 Å². The highest BCUT2D eigenvalue weighted by molar-refractivity contribution is 8.10. The van der Waals surface area contributed by atoms with Gasteiger partial charge >= 0.3 is 0 Å². The molecule has 0 rings (SSSR count).